The molecule has 2 atom stereocenters. The van der Waals surface area contributed by atoms with Crippen molar-refractivity contribution in [3.8, 4) is 22.6 Å². The van der Waals surface area contributed by atoms with Gasteiger partial charge >= 0.3 is 0 Å². The Labute approximate surface area is 166 Å². The standard InChI is InChI=1S/C22H29N3O3/c1-13-14(2)22(26)24(3)11-18(13)15-6-20(27-4)19(21(7-15)28-5)12-25-9-16-8-17(10-25)23-16/h6-7,11,16-17,23H,8-10,12H2,1-5H3. The first-order chi connectivity index (χ1) is 13.4. The minimum atomic E-state index is 0.0362. The number of piperazine rings is 1. The molecule has 4 heterocycles. The fraction of sp³-hybridized carbons (Fsp3) is 0.500. The highest BCUT2D eigenvalue weighted by molar-refractivity contribution is 5.72. The normalized spacial score (nSPS) is 21.3. The van der Waals surface area contributed by atoms with Crippen molar-refractivity contribution >= 4 is 0 Å². The van der Waals surface area contributed by atoms with Crippen molar-refractivity contribution in [2.75, 3.05) is 27.3 Å². The van der Waals surface area contributed by atoms with Gasteiger partial charge in [-0.05, 0) is 43.5 Å². The first kappa shape index (κ1) is 19.0. The lowest BCUT2D eigenvalue weighted by molar-refractivity contribution is 0.0714. The monoisotopic (exact) mass is 383 g/mol. The molecule has 1 aromatic heterocycles. The summed E-state index contributed by atoms with van der Waals surface area (Å²) in [6.07, 6.45) is 3.18. The third kappa shape index (κ3) is 3.20. The zero-order chi connectivity index (χ0) is 20.0. The molecule has 0 amide bonds. The number of aromatic nitrogens is 1. The Kier molecular flexibility index (Phi) is 4.93. The molecule has 0 radical (unpaired) electrons. The maximum atomic E-state index is 12.2. The number of nitrogens with zero attached hydrogens (tertiary/aromatic N) is 2. The van der Waals surface area contributed by atoms with E-state index < -0.39 is 0 Å². The topological polar surface area (TPSA) is 55.7 Å². The van der Waals surface area contributed by atoms with Crippen LogP contribution in [0.15, 0.2) is 23.1 Å². The fourth-order valence-electron chi connectivity index (χ4n) is 4.52. The molecule has 3 aliphatic heterocycles. The highest BCUT2D eigenvalue weighted by Crippen LogP contribution is 2.37. The van der Waals surface area contributed by atoms with Gasteiger partial charge in [0.25, 0.3) is 5.56 Å². The van der Waals surface area contributed by atoms with Crippen LogP contribution in [0.3, 0.4) is 0 Å². The first-order valence-corrected chi connectivity index (χ1v) is 9.81. The molecule has 0 aliphatic carbocycles. The Balaban J connectivity index is 1.74. The van der Waals surface area contributed by atoms with Gasteiger partial charge in [-0.15, -0.1) is 0 Å². The highest BCUT2D eigenvalue weighted by atomic mass is 16.5. The largest absolute Gasteiger partial charge is 0.496 e. The predicted molar refractivity (Wildman–Crippen MR) is 110 cm³/mol. The Morgan fingerprint density at radius 3 is 2.18 bits per heavy atom. The SMILES string of the molecule is COc1cc(-c2cn(C)c(=O)c(C)c2C)cc(OC)c1CN1CC2CC(C1)N2. The molecule has 2 unspecified atom stereocenters. The highest BCUT2D eigenvalue weighted by Gasteiger charge is 2.36. The van der Waals surface area contributed by atoms with E-state index in [-0.39, 0.29) is 5.56 Å². The second kappa shape index (κ2) is 7.26. The van der Waals surface area contributed by atoms with E-state index in [0.29, 0.717) is 12.1 Å². The summed E-state index contributed by atoms with van der Waals surface area (Å²) in [6, 6.07) is 5.36. The van der Waals surface area contributed by atoms with Crippen LogP contribution in [-0.4, -0.2) is 48.9 Å². The van der Waals surface area contributed by atoms with E-state index in [1.807, 2.05) is 20.0 Å². The van der Waals surface area contributed by atoms with Crippen LogP contribution in [0, 0.1) is 13.8 Å². The minimum Gasteiger partial charge on any atom is -0.496 e. The van der Waals surface area contributed by atoms with Crippen LogP contribution in [0.1, 0.15) is 23.1 Å². The third-order valence-electron chi connectivity index (χ3n) is 6.23. The molecule has 2 aromatic rings. The lowest BCUT2D eigenvalue weighted by Crippen LogP contribution is -2.66. The molecule has 1 aromatic carbocycles. The summed E-state index contributed by atoms with van der Waals surface area (Å²) in [5.74, 6) is 1.65. The summed E-state index contributed by atoms with van der Waals surface area (Å²) < 4.78 is 13.2. The summed E-state index contributed by atoms with van der Waals surface area (Å²) in [7, 11) is 5.20. The van der Waals surface area contributed by atoms with Crippen LogP contribution in [-0.2, 0) is 13.6 Å². The van der Waals surface area contributed by atoms with Crippen LogP contribution in [0.4, 0.5) is 0 Å². The number of nitrogens with one attached hydrogen (secondary N) is 1. The van der Waals surface area contributed by atoms with E-state index in [9.17, 15) is 4.79 Å². The number of hydrogen-bond acceptors (Lipinski definition) is 5. The van der Waals surface area contributed by atoms with Crippen molar-refractivity contribution in [3.63, 3.8) is 0 Å². The van der Waals surface area contributed by atoms with E-state index in [1.54, 1.807) is 25.8 Å². The van der Waals surface area contributed by atoms with Crippen LogP contribution in [0.2, 0.25) is 0 Å². The zero-order valence-corrected chi connectivity index (χ0v) is 17.3. The van der Waals surface area contributed by atoms with Gasteiger partial charge in [-0.3, -0.25) is 9.69 Å². The van der Waals surface area contributed by atoms with Gasteiger partial charge in [-0.1, -0.05) is 0 Å². The molecule has 28 heavy (non-hydrogen) atoms. The van der Waals surface area contributed by atoms with Gasteiger partial charge in [-0.2, -0.15) is 0 Å². The van der Waals surface area contributed by atoms with Gasteiger partial charge in [0.2, 0.25) is 0 Å². The number of hydrogen-bond donors (Lipinski definition) is 1. The van der Waals surface area contributed by atoms with Crippen molar-refractivity contribution < 1.29 is 9.47 Å². The average molecular weight is 383 g/mol. The number of methoxy groups -OCH3 is 2. The minimum absolute atomic E-state index is 0.0362. The summed E-state index contributed by atoms with van der Waals surface area (Å²) in [5, 5.41) is 3.57. The third-order valence-corrected chi connectivity index (χ3v) is 6.23. The second-order valence-electron chi connectivity index (χ2n) is 8.06. The summed E-state index contributed by atoms with van der Waals surface area (Å²) in [5.41, 5.74) is 4.88. The maximum Gasteiger partial charge on any atom is 0.253 e. The molecule has 2 bridgehead atoms. The molecule has 6 heteroatoms. The quantitative estimate of drug-likeness (QED) is 0.858. The van der Waals surface area contributed by atoms with Crippen LogP contribution >= 0.6 is 0 Å². The molecule has 3 fully saturated rings. The Hall–Kier alpha value is -2.31. The summed E-state index contributed by atoms with van der Waals surface area (Å²) in [4.78, 5) is 14.7. The van der Waals surface area contributed by atoms with Crippen molar-refractivity contribution in [1.82, 2.24) is 14.8 Å². The number of rotatable bonds is 5. The summed E-state index contributed by atoms with van der Waals surface area (Å²) >= 11 is 0. The Morgan fingerprint density at radius 2 is 1.64 bits per heavy atom. The molecule has 5 rings (SSSR count). The van der Waals surface area contributed by atoms with Gasteiger partial charge in [0, 0.05) is 56.1 Å². The van der Waals surface area contributed by atoms with Crippen LogP contribution in [0.5, 0.6) is 11.5 Å². The van der Waals surface area contributed by atoms with E-state index in [2.05, 4.69) is 22.3 Å². The Bertz CT molecular complexity index is 925. The molecule has 0 spiro atoms. The smallest absolute Gasteiger partial charge is 0.253 e. The van der Waals surface area contributed by atoms with E-state index in [0.717, 1.165) is 59.0 Å². The molecule has 3 aliphatic rings. The molecule has 6 nitrogen and oxygen atoms in total. The van der Waals surface area contributed by atoms with Gasteiger partial charge in [0.05, 0.1) is 19.8 Å². The molecular formula is C22H29N3O3. The van der Waals surface area contributed by atoms with Crippen molar-refractivity contribution in [2.45, 2.75) is 38.9 Å². The number of aryl methyl sites for hydroxylation is 1. The van der Waals surface area contributed by atoms with Gasteiger partial charge < -0.3 is 19.4 Å². The van der Waals surface area contributed by atoms with Crippen molar-refractivity contribution in [3.05, 3.63) is 45.4 Å². The number of ether oxygens (including phenoxy) is 2. The van der Waals surface area contributed by atoms with Crippen molar-refractivity contribution in [1.29, 1.82) is 0 Å². The first-order valence-electron chi connectivity index (χ1n) is 9.81. The van der Waals surface area contributed by atoms with Crippen LogP contribution in [0.25, 0.3) is 11.1 Å². The lowest BCUT2D eigenvalue weighted by Gasteiger charge is -2.48. The van der Waals surface area contributed by atoms with E-state index in [4.69, 9.17) is 9.47 Å². The maximum absolute atomic E-state index is 12.2. The van der Waals surface area contributed by atoms with Crippen molar-refractivity contribution in [2.24, 2.45) is 7.05 Å². The average Bonchev–Trinajstić information content (AvgIpc) is 2.68. The molecule has 0 saturated carbocycles. The second-order valence-corrected chi connectivity index (χ2v) is 8.06. The Morgan fingerprint density at radius 1 is 1.07 bits per heavy atom. The van der Waals surface area contributed by atoms with E-state index in [1.165, 1.54) is 6.42 Å². The number of fused-ring (bicyclic) bond motifs is 2. The number of benzene rings is 1. The lowest BCUT2D eigenvalue weighted by atomic mass is 9.91. The van der Waals surface area contributed by atoms with Gasteiger partial charge in [0.1, 0.15) is 11.5 Å². The summed E-state index contributed by atoms with van der Waals surface area (Å²) in [6.45, 7) is 6.80. The van der Waals surface area contributed by atoms with Crippen LogP contribution < -0.4 is 20.3 Å². The molecule has 1 N–H and O–H groups in total. The molecule has 150 valence electrons. The zero-order valence-electron chi connectivity index (χ0n) is 17.3. The number of pyridine rings is 1. The molecular weight excluding hydrogens is 354 g/mol. The predicted octanol–water partition coefficient (Wildman–Crippen LogP) is 2.23. The number of piperidine rings is 1. The fourth-order valence-corrected chi connectivity index (χ4v) is 4.52. The van der Waals surface area contributed by atoms with E-state index >= 15 is 0 Å². The van der Waals surface area contributed by atoms with Gasteiger partial charge in [-0.25, -0.2) is 0 Å². The van der Waals surface area contributed by atoms with Gasteiger partial charge in [0.15, 0.2) is 0 Å². The molecule has 3 saturated heterocycles.